The lowest BCUT2D eigenvalue weighted by molar-refractivity contribution is -0.191. The molecule has 0 spiro atoms. The summed E-state index contributed by atoms with van der Waals surface area (Å²) in [5.41, 5.74) is -0.539. The molecule has 4 nitrogen and oxygen atoms in total. The van der Waals surface area contributed by atoms with E-state index in [1.54, 1.807) is 0 Å². The van der Waals surface area contributed by atoms with Crippen LogP contribution in [0.1, 0.15) is 125 Å². The van der Waals surface area contributed by atoms with Crippen LogP contribution >= 0.6 is 0 Å². The first-order valence-electron chi connectivity index (χ1n) is 13.7. The molecule has 2 aliphatic rings. The summed E-state index contributed by atoms with van der Waals surface area (Å²) < 4.78 is 18.7. The fourth-order valence-electron chi connectivity index (χ4n) is 6.65. The maximum Gasteiger partial charge on any atom is 0.306 e. The molecule has 2 rings (SSSR count). The minimum Gasteiger partial charge on any atom is -0.456 e. The number of hydrogen-bond donors (Lipinski definition) is 0. The van der Waals surface area contributed by atoms with Crippen LogP contribution in [0.5, 0.6) is 0 Å². The van der Waals surface area contributed by atoms with Gasteiger partial charge in [-0.25, -0.2) is 0 Å². The first kappa shape index (κ1) is 27.6. The van der Waals surface area contributed by atoms with Gasteiger partial charge < -0.3 is 14.2 Å². The smallest absolute Gasteiger partial charge is 0.306 e. The molecule has 0 aromatic rings. The predicted octanol–water partition coefficient (Wildman–Crippen LogP) is 7.48. The molecular formula is C28H52O4. The molecule has 0 heterocycles. The highest BCUT2D eigenvalue weighted by Gasteiger charge is 2.45. The van der Waals surface area contributed by atoms with E-state index < -0.39 is 5.60 Å². The first-order chi connectivity index (χ1) is 15.3. The Morgan fingerprint density at radius 3 is 2.28 bits per heavy atom. The normalized spacial score (nSPS) is 26.9. The average Bonchev–Trinajstić information content (AvgIpc) is 2.74. The van der Waals surface area contributed by atoms with Crippen molar-refractivity contribution in [3.8, 4) is 0 Å². The van der Waals surface area contributed by atoms with Gasteiger partial charge in [0.05, 0.1) is 11.7 Å². The van der Waals surface area contributed by atoms with E-state index in [0.29, 0.717) is 30.8 Å². The Morgan fingerprint density at radius 2 is 1.69 bits per heavy atom. The number of esters is 1. The van der Waals surface area contributed by atoms with Gasteiger partial charge in [0, 0.05) is 20.1 Å². The third-order valence-electron chi connectivity index (χ3n) is 7.83. The second-order valence-electron chi connectivity index (χ2n) is 11.4. The van der Waals surface area contributed by atoms with Crippen molar-refractivity contribution in [2.45, 2.75) is 142 Å². The molecule has 0 amide bonds. The highest BCUT2D eigenvalue weighted by atomic mass is 16.6. The van der Waals surface area contributed by atoms with E-state index in [4.69, 9.17) is 14.2 Å². The lowest BCUT2D eigenvalue weighted by atomic mass is 9.71. The van der Waals surface area contributed by atoms with E-state index in [-0.39, 0.29) is 17.7 Å². The number of methoxy groups -OCH3 is 1. The maximum absolute atomic E-state index is 13.1. The van der Waals surface area contributed by atoms with Crippen molar-refractivity contribution in [2.75, 3.05) is 13.7 Å². The molecule has 0 radical (unpaired) electrons. The molecule has 0 bridgehead atoms. The predicted molar refractivity (Wildman–Crippen MR) is 132 cm³/mol. The van der Waals surface area contributed by atoms with Crippen LogP contribution in [0.2, 0.25) is 0 Å². The van der Waals surface area contributed by atoms with Crippen molar-refractivity contribution in [2.24, 2.45) is 17.8 Å². The van der Waals surface area contributed by atoms with E-state index in [1.165, 1.54) is 32.1 Å². The second kappa shape index (κ2) is 13.3. The summed E-state index contributed by atoms with van der Waals surface area (Å²) in [7, 11) is 1.89. The Bertz CT molecular complexity index is 538. The molecule has 0 saturated heterocycles. The Morgan fingerprint density at radius 1 is 1.00 bits per heavy atom. The Labute approximate surface area is 198 Å². The summed E-state index contributed by atoms with van der Waals surface area (Å²) in [5, 5.41) is 0. The zero-order chi connectivity index (χ0) is 23.6. The lowest BCUT2D eigenvalue weighted by Gasteiger charge is -2.44. The Kier molecular flexibility index (Phi) is 11.5. The molecule has 2 aliphatic carbocycles. The number of ether oxygens (including phenoxy) is 3. The zero-order valence-corrected chi connectivity index (χ0v) is 22.0. The summed E-state index contributed by atoms with van der Waals surface area (Å²) in [4.78, 5) is 13.1. The Hall–Kier alpha value is -0.610. The molecule has 2 saturated carbocycles. The van der Waals surface area contributed by atoms with Crippen LogP contribution in [0.3, 0.4) is 0 Å². The second-order valence-corrected chi connectivity index (χ2v) is 11.4. The summed E-state index contributed by atoms with van der Waals surface area (Å²) in [6.07, 6.45) is 15.0. The van der Waals surface area contributed by atoms with Gasteiger partial charge in [-0.2, -0.15) is 0 Å². The van der Waals surface area contributed by atoms with Crippen molar-refractivity contribution in [3.63, 3.8) is 0 Å². The van der Waals surface area contributed by atoms with E-state index in [9.17, 15) is 4.79 Å². The zero-order valence-electron chi connectivity index (χ0n) is 22.0. The van der Waals surface area contributed by atoms with Gasteiger partial charge in [-0.15, -0.1) is 0 Å². The summed E-state index contributed by atoms with van der Waals surface area (Å²) in [5.74, 6) is 1.64. The molecule has 0 aromatic heterocycles. The van der Waals surface area contributed by atoms with E-state index in [0.717, 1.165) is 51.4 Å². The molecule has 3 unspecified atom stereocenters. The summed E-state index contributed by atoms with van der Waals surface area (Å²) in [6, 6.07) is 0. The molecule has 4 heteroatoms. The molecule has 32 heavy (non-hydrogen) atoms. The highest BCUT2D eigenvalue weighted by Crippen LogP contribution is 2.43. The Balaban J connectivity index is 2.02. The van der Waals surface area contributed by atoms with Gasteiger partial charge in [0.15, 0.2) is 0 Å². The fourth-order valence-corrected chi connectivity index (χ4v) is 6.65. The number of carbonyl (C=O) groups excluding carboxylic acids is 1. The van der Waals surface area contributed by atoms with Crippen LogP contribution in [0.25, 0.3) is 0 Å². The van der Waals surface area contributed by atoms with Crippen LogP contribution in [0.15, 0.2) is 0 Å². The van der Waals surface area contributed by atoms with Gasteiger partial charge >= 0.3 is 5.97 Å². The van der Waals surface area contributed by atoms with Crippen molar-refractivity contribution in [1.82, 2.24) is 0 Å². The molecule has 2 fully saturated rings. The van der Waals surface area contributed by atoms with Gasteiger partial charge in [0.25, 0.3) is 0 Å². The monoisotopic (exact) mass is 452 g/mol. The van der Waals surface area contributed by atoms with Crippen LogP contribution < -0.4 is 0 Å². The SMILES string of the molecule is CCOC1CCCCC1(CC(C)C)OC(=O)CCCC(CC(C)C)(OC)C1CCCCC1. The van der Waals surface area contributed by atoms with Crippen LogP contribution in [0.4, 0.5) is 0 Å². The molecule has 3 atom stereocenters. The minimum atomic E-state index is -0.445. The van der Waals surface area contributed by atoms with Gasteiger partial charge in [-0.05, 0) is 82.5 Å². The number of carbonyl (C=O) groups is 1. The maximum atomic E-state index is 13.1. The van der Waals surface area contributed by atoms with Crippen molar-refractivity contribution >= 4 is 5.97 Å². The number of rotatable bonds is 13. The number of hydrogen-bond acceptors (Lipinski definition) is 4. The molecule has 188 valence electrons. The van der Waals surface area contributed by atoms with Crippen molar-refractivity contribution < 1.29 is 19.0 Å². The van der Waals surface area contributed by atoms with Gasteiger partial charge in [-0.1, -0.05) is 53.4 Å². The standard InChI is InChI=1S/C28H52O4/c1-7-31-25-16-11-12-18-28(25,21-23(4)5)32-26(29)17-13-19-27(30-6,20-22(2)3)24-14-9-8-10-15-24/h22-25H,7-21H2,1-6H3. The van der Waals surface area contributed by atoms with E-state index >= 15 is 0 Å². The fraction of sp³-hybridized carbons (Fsp3) is 0.964. The van der Waals surface area contributed by atoms with Crippen LogP contribution in [-0.2, 0) is 19.0 Å². The van der Waals surface area contributed by atoms with Gasteiger partial charge in [0.1, 0.15) is 5.60 Å². The molecular weight excluding hydrogens is 400 g/mol. The minimum absolute atomic E-state index is 0.0360. The van der Waals surface area contributed by atoms with Crippen LogP contribution in [-0.4, -0.2) is 37.0 Å². The van der Waals surface area contributed by atoms with Crippen molar-refractivity contribution in [1.29, 1.82) is 0 Å². The third-order valence-corrected chi connectivity index (χ3v) is 7.83. The van der Waals surface area contributed by atoms with E-state index in [2.05, 4.69) is 27.7 Å². The largest absolute Gasteiger partial charge is 0.456 e. The van der Waals surface area contributed by atoms with Crippen molar-refractivity contribution in [3.05, 3.63) is 0 Å². The topological polar surface area (TPSA) is 44.8 Å². The van der Waals surface area contributed by atoms with Gasteiger partial charge in [-0.3, -0.25) is 4.79 Å². The van der Waals surface area contributed by atoms with Gasteiger partial charge in [0.2, 0.25) is 0 Å². The molecule has 0 aromatic carbocycles. The van der Waals surface area contributed by atoms with Crippen LogP contribution in [0, 0.1) is 17.8 Å². The molecule has 0 aliphatic heterocycles. The third kappa shape index (κ3) is 7.72. The lowest BCUT2D eigenvalue weighted by Crippen LogP contribution is -2.51. The quantitative estimate of drug-likeness (QED) is 0.272. The molecule has 0 N–H and O–H groups in total. The summed E-state index contributed by atoms with van der Waals surface area (Å²) >= 11 is 0. The van der Waals surface area contributed by atoms with E-state index in [1.807, 2.05) is 14.0 Å². The summed E-state index contributed by atoms with van der Waals surface area (Å²) in [6.45, 7) is 11.7. The average molecular weight is 453 g/mol. The first-order valence-corrected chi connectivity index (χ1v) is 13.7. The highest BCUT2D eigenvalue weighted by molar-refractivity contribution is 5.70.